The Kier molecular flexibility index (Phi) is 3.74. The minimum Gasteiger partial charge on any atom is -0.451 e. The van der Waals surface area contributed by atoms with Gasteiger partial charge in [-0.3, -0.25) is 5.10 Å². The lowest BCUT2D eigenvalue weighted by Gasteiger charge is -1.99. The molecule has 0 aliphatic carbocycles. The maximum atomic E-state index is 12.2. The lowest BCUT2D eigenvalue weighted by Crippen LogP contribution is -2.06. The lowest BCUT2D eigenvalue weighted by molar-refractivity contribution is 0.0434. The number of ether oxygens (including phenoxy) is 1. The first-order valence-electron chi connectivity index (χ1n) is 7.70. The maximum absolute atomic E-state index is 12.2. The molecule has 2 heterocycles. The van der Waals surface area contributed by atoms with E-state index in [9.17, 15) is 4.79 Å². The number of benzene rings is 2. The number of rotatable bonds is 4. The summed E-state index contributed by atoms with van der Waals surface area (Å²) in [5.74, 6) is 0.0671. The van der Waals surface area contributed by atoms with E-state index in [2.05, 4.69) is 20.4 Å². The number of nitrogens with one attached hydrogen (secondary N) is 1. The van der Waals surface area contributed by atoms with Gasteiger partial charge in [0.15, 0.2) is 12.3 Å². The Morgan fingerprint density at radius 1 is 1.16 bits per heavy atom. The number of hydrogen-bond acceptors (Lipinski definition) is 6. The molecule has 2 aromatic carbocycles. The number of carbonyl (C=O) groups is 1. The smallest absolute Gasteiger partial charge is 0.359 e. The third-order valence-corrected chi connectivity index (χ3v) is 3.72. The van der Waals surface area contributed by atoms with E-state index >= 15 is 0 Å². The molecule has 25 heavy (non-hydrogen) atoms. The molecule has 2 aromatic heterocycles. The van der Waals surface area contributed by atoms with Gasteiger partial charge in [0.1, 0.15) is 0 Å². The summed E-state index contributed by atoms with van der Waals surface area (Å²) in [5.41, 5.74) is 2.92. The van der Waals surface area contributed by atoms with Gasteiger partial charge in [-0.05, 0) is 25.1 Å². The molecule has 7 nitrogen and oxygen atoms in total. The molecule has 7 heteroatoms. The first kappa shape index (κ1) is 15.1. The number of esters is 1. The molecule has 0 amide bonds. The van der Waals surface area contributed by atoms with Gasteiger partial charge in [-0.25, -0.2) is 4.79 Å². The zero-order valence-corrected chi connectivity index (χ0v) is 13.4. The van der Waals surface area contributed by atoms with Gasteiger partial charge in [0.2, 0.25) is 5.89 Å². The van der Waals surface area contributed by atoms with E-state index in [1.807, 2.05) is 49.4 Å². The molecule has 0 atom stereocenters. The fraction of sp³-hybridized carbons (Fsp3) is 0.111. The van der Waals surface area contributed by atoms with Gasteiger partial charge in [0.25, 0.3) is 5.89 Å². The Bertz CT molecular complexity index is 1050. The average molecular weight is 334 g/mol. The number of H-pyrrole nitrogens is 1. The highest BCUT2D eigenvalue weighted by atomic mass is 16.5. The van der Waals surface area contributed by atoms with E-state index in [0.717, 1.165) is 16.6 Å². The van der Waals surface area contributed by atoms with Crippen molar-refractivity contribution in [3.8, 4) is 11.5 Å². The topological polar surface area (TPSA) is 93.9 Å². The van der Waals surface area contributed by atoms with Crippen LogP contribution in [0.5, 0.6) is 0 Å². The molecule has 0 bridgehead atoms. The Morgan fingerprint density at radius 3 is 2.92 bits per heavy atom. The van der Waals surface area contributed by atoms with Crippen LogP contribution in [0.3, 0.4) is 0 Å². The highest BCUT2D eigenvalue weighted by Gasteiger charge is 2.17. The number of fused-ring (bicyclic) bond motifs is 1. The van der Waals surface area contributed by atoms with Gasteiger partial charge in [0, 0.05) is 10.9 Å². The number of aryl methyl sites for hydroxylation is 1. The van der Waals surface area contributed by atoms with Gasteiger partial charge >= 0.3 is 5.97 Å². The maximum Gasteiger partial charge on any atom is 0.359 e. The van der Waals surface area contributed by atoms with Crippen molar-refractivity contribution >= 4 is 16.9 Å². The molecular formula is C18H14N4O3. The van der Waals surface area contributed by atoms with Gasteiger partial charge in [0.05, 0.1) is 5.52 Å². The predicted molar refractivity (Wildman–Crippen MR) is 89.7 cm³/mol. The summed E-state index contributed by atoms with van der Waals surface area (Å²) < 4.78 is 10.8. The van der Waals surface area contributed by atoms with Crippen LogP contribution in [0, 0.1) is 6.92 Å². The van der Waals surface area contributed by atoms with Crippen molar-refractivity contribution in [2.45, 2.75) is 13.5 Å². The third kappa shape index (κ3) is 2.99. The number of aromatic amines is 1. The number of para-hydroxylation sites is 1. The minimum absolute atomic E-state index is 0.112. The van der Waals surface area contributed by atoms with Crippen LogP contribution in [0.25, 0.3) is 22.4 Å². The Hall–Kier alpha value is -3.48. The summed E-state index contributed by atoms with van der Waals surface area (Å²) in [6, 6.07) is 15.1. The summed E-state index contributed by atoms with van der Waals surface area (Å²) in [5, 5.41) is 15.4. The van der Waals surface area contributed by atoms with E-state index in [-0.39, 0.29) is 18.2 Å². The number of aromatic nitrogens is 4. The van der Waals surface area contributed by atoms with Crippen molar-refractivity contribution in [2.75, 3.05) is 0 Å². The van der Waals surface area contributed by atoms with Crippen molar-refractivity contribution < 1.29 is 13.9 Å². The van der Waals surface area contributed by atoms with Crippen LogP contribution >= 0.6 is 0 Å². The summed E-state index contributed by atoms with van der Waals surface area (Å²) in [6.45, 7) is 1.87. The van der Waals surface area contributed by atoms with Crippen LogP contribution in [0.4, 0.5) is 0 Å². The fourth-order valence-corrected chi connectivity index (χ4v) is 2.52. The molecule has 0 saturated carbocycles. The molecule has 0 saturated heterocycles. The van der Waals surface area contributed by atoms with Crippen LogP contribution < -0.4 is 0 Å². The van der Waals surface area contributed by atoms with Crippen molar-refractivity contribution in [3.05, 3.63) is 65.7 Å². The van der Waals surface area contributed by atoms with Crippen molar-refractivity contribution in [2.24, 2.45) is 0 Å². The number of nitrogens with zero attached hydrogens (tertiary/aromatic N) is 3. The SMILES string of the molecule is Cc1cccc(-c2nnc(COC(=O)c3n[nH]c4ccccc34)o2)c1. The largest absolute Gasteiger partial charge is 0.451 e. The summed E-state index contributed by atoms with van der Waals surface area (Å²) in [4.78, 5) is 12.2. The van der Waals surface area contributed by atoms with Gasteiger partial charge in [-0.15, -0.1) is 10.2 Å². The summed E-state index contributed by atoms with van der Waals surface area (Å²) in [7, 11) is 0. The van der Waals surface area contributed by atoms with Crippen LogP contribution in [0.1, 0.15) is 21.9 Å². The molecule has 4 rings (SSSR count). The van der Waals surface area contributed by atoms with E-state index in [0.29, 0.717) is 11.3 Å². The van der Waals surface area contributed by atoms with E-state index in [4.69, 9.17) is 9.15 Å². The third-order valence-electron chi connectivity index (χ3n) is 3.72. The predicted octanol–water partition coefficient (Wildman–Crippen LogP) is 3.28. The Balaban J connectivity index is 1.47. The number of carbonyl (C=O) groups excluding carboxylic acids is 1. The second-order valence-electron chi connectivity index (χ2n) is 5.56. The molecular weight excluding hydrogens is 320 g/mol. The molecule has 0 fully saturated rings. The molecule has 4 aromatic rings. The minimum atomic E-state index is -0.548. The summed E-state index contributed by atoms with van der Waals surface area (Å²) >= 11 is 0. The molecule has 0 unspecified atom stereocenters. The van der Waals surface area contributed by atoms with Gasteiger partial charge in [-0.2, -0.15) is 5.10 Å². The lowest BCUT2D eigenvalue weighted by atomic mass is 10.1. The molecule has 0 aliphatic heterocycles. The van der Waals surface area contributed by atoms with Crippen molar-refractivity contribution in [1.82, 2.24) is 20.4 Å². The molecule has 124 valence electrons. The highest BCUT2D eigenvalue weighted by Crippen LogP contribution is 2.20. The Morgan fingerprint density at radius 2 is 2.04 bits per heavy atom. The molecule has 1 N–H and O–H groups in total. The number of hydrogen-bond donors (Lipinski definition) is 1. The van der Waals surface area contributed by atoms with Crippen molar-refractivity contribution in [3.63, 3.8) is 0 Å². The standard InChI is InChI=1S/C18H14N4O3/c1-11-5-4-6-12(9-11)17-22-20-15(25-17)10-24-18(23)16-13-7-2-3-8-14(13)19-21-16/h2-9H,10H2,1H3,(H,19,21). The monoisotopic (exact) mass is 334 g/mol. The van der Waals surface area contributed by atoms with Gasteiger partial charge < -0.3 is 9.15 Å². The van der Waals surface area contributed by atoms with Crippen LogP contribution in [-0.4, -0.2) is 26.4 Å². The van der Waals surface area contributed by atoms with Crippen LogP contribution in [-0.2, 0) is 11.3 Å². The zero-order valence-electron chi connectivity index (χ0n) is 13.4. The normalized spacial score (nSPS) is 10.9. The molecule has 0 spiro atoms. The van der Waals surface area contributed by atoms with E-state index in [1.54, 1.807) is 6.07 Å². The van der Waals surface area contributed by atoms with Crippen LogP contribution in [0.15, 0.2) is 52.9 Å². The first-order valence-corrected chi connectivity index (χ1v) is 7.70. The van der Waals surface area contributed by atoms with E-state index in [1.165, 1.54) is 0 Å². The Labute approximate surface area is 142 Å². The average Bonchev–Trinajstić information content (AvgIpc) is 3.27. The molecule has 0 aliphatic rings. The zero-order chi connectivity index (χ0) is 17.2. The summed E-state index contributed by atoms with van der Waals surface area (Å²) in [6.07, 6.45) is 0. The fourth-order valence-electron chi connectivity index (χ4n) is 2.52. The van der Waals surface area contributed by atoms with E-state index < -0.39 is 5.97 Å². The first-order chi connectivity index (χ1) is 12.2. The highest BCUT2D eigenvalue weighted by molar-refractivity contribution is 6.01. The second-order valence-corrected chi connectivity index (χ2v) is 5.56. The van der Waals surface area contributed by atoms with Crippen molar-refractivity contribution in [1.29, 1.82) is 0 Å². The van der Waals surface area contributed by atoms with Gasteiger partial charge in [-0.1, -0.05) is 35.9 Å². The quantitative estimate of drug-likeness (QED) is 0.576. The second kappa shape index (κ2) is 6.20. The van der Waals surface area contributed by atoms with Crippen LogP contribution in [0.2, 0.25) is 0 Å². The molecule has 0 radical (unpaired) electrons.